The molecule has 1 aliphatic rings. The highest BCUT2D eigenvalue weighted by molar-refractivity contribution is 7.84. The molecular formula is C14H21NO2S. The van der Waals surface area contributed by atoms with E-state index in [-0.39, 0.29) is 6.04 Å². The minimum Gasteiger partial charge on any atom is -0.508 e. The van der Waals surface area contributed by atoms with Gasteiger partial charge in [0.05, 0.1) is 0 Å². The lowest BCUT2D eigenvalue weighted by Crippen LogP contribution is -2.24. The molecule has 3 unspecified atom stereocenters. The Morgan fingerprint density at radius 1 is 1.44 bits per heavy atom. The van der Waals surface area contributed by atoms with Crippen LogP contribution in [-0.4, -0.2) is 27.9 Å². The number of benzene rings is 1. The first-order valence-corrected chi connectivity index (χ1v) is 8.09. The second-order valence-corrected chi connectivity index (χ2v) is 6.70. The summed E-state index contributed by atoms with van der Waals surface area (Å²) in [5.41, 5.74) is 3.58. The van der Waals surface area contributed by atoms with Crippen LogP contribution in [0.1, 0.15) is 42.0 Å². The van der Waals surface area contributed by atoms with Crippen molar-refractivity contribution < 1.29 is 9.32 Å². The lowest BCUT2D eigenvalue weighted by atomic mass is 9.97. The molecule has 2 rings (SSSR count). The maximum Gasteiger partial charge on any atom is 0.120 e. The van der Waals surface area contributed by atoms with Crippen molar-refractivity contribution in [1.82, 2.24) is 5.32 Å². The van der Waals surface area contributed by atoms with Gasteiger partial charge in [-0.2, -0.15) is 0 Å². The lowest BCUT2D eigenvalue weighted by molar-refractivity contribution is 0.449. The average molecular weight is 267 g/mol. The molecule has 0 aromatic heterocycles. The zero-order chi connectivity index (χ0) is 13.3. The van der Waals surface area contributed by atoms with Crippen LogP contribution in [0.4, 0.5) is 0 Å². The summed E-state index contributed by atoms with van der Waals surface area (Å²) in [4.78, 5) is 0. The molecule has 1 aromatic rings. The summed E-state index contributed by atoms with van der Waals surface area (Å²) in [5.74, 6) is 1.51. The van der Waals surface area contributed by atoms with Gasteiger partial charge >= 0.3 is 0 Å². The zero-order valence-electron chi connectivity index (χ0n) is 11.2. The van der Waals surface area contributed by atoms with Gasteiger partial charge in [0.1, 0.15) is 5.75 Å². The van der Waals surface area contributed by atoms with Gasteiger partial charge in [-0.05, 0) is 36.5 Å². The topological polar surface area (TPSA) is 49.3 Å². The van der Waals surface area contributed by atoms with Gasteiger partial charge in [-0.15, -0.1) is 0 Å². The Morgan fingerprint density at radius 2 is 2.17 bits per heavy atom. The van der Waals surface area contributed by atoms with Crippen molar-refractivity contribution in [2.75, 3.05) is 18.6 Å². The van der Waals surface area contributed by atoms with Crippen LogP contribution in [0.25, 0.3) is 0 Å². The number of hydrogen-bond acceptors (Lipinski definition) is 3. The molecule has 2 N–H and O–H groups in total. The van der Waals surface area contributed by atoms with Gasteiger partial charge in [-0.3, -0.25) is 4.21 Å². The Hall–Kier alpha value is -0.870. The molecule has 0 radical (unpaired) electrons. The van der Waals surface area contributed by atoms with E-state index in [0.29, 0.717) is 17.4 Å². The smallest absolute Gasteiger partial charge is 0.120 e. The number of hydrogen-bond donors (Lipinski definition) is 2. The predicted octanol–water partition coefficient (Wildman–Crippen LogP) is 2.22. The normalized spacial score (nSPS) is 23.9. The van der Waals surface area contributed by atoms with E-state index in [1.54, 1.807) is 12.3 Å². The SMILES string of the molecule is Cc1ccc(O)c2c1C(C)CC2NCCS(C)=O. The molecule has 0 spiro atoms. The third-order valence-corrected chi connectivity index (χ3v) is 4.47. The number of aromatic hydroxyl groups is 1. The summed E-state index contributed by atoms with van der Waals surface area (Å²) >= 11 is 0. The molecule has 4 heteroatoms. The first-order valence-electron chi connectivity index (χ1n) is 6.36. The van der Waals surface area contributed by atoms with E-state index in [2.05, 4.69) is 19.2 Å². The van der Waals surface area contributed by atoms with Crippen LogP contribution in [-0.2, 0) is 10.8 Å². The molecule has 0 saturated heterocycles. The Bertz CT molecular complexity index is 473. The molecule has 0 amide bonds. The maximum absolute atomic E-state index is 11.1. The predicted molar refractivity (Wildman–Crippen MR) is 75.6 cm³/mol. The highest BCUT2D eigenvalue weighted by atomic mass is 32.2. The molecule has 0 saturated carbocycles. The third kappa shape index (κ3) is 2.59. The van der Waals surface area contributed by atoms with E-state index in [0.717, 1.165) is 18.5 Å². The van der Waals surface area contributed by atoms with E-state index in [1.165, 1.54) is 11.1 Å². The van der Waals surface area contributed by atoms with Crippen molar-refractivity contribution in [1.29, 1.82) is 0 Å². The maximum atomic E-state index is 11.1. The molecule has 3 atom stereocenters. The highest BCUT2D eigenvalue weighted by Gasteiger charge is 2.31. The summed E-state index contributed by atoms with van der Waals surface area (Å²) < 4.78 is 11.1. The standard InChI is InChI=1S/C14H21NO2S/c1-9-4-5-12(16)14-11(8-10(2)13(9)14)15-6-7-18(3)17/h4-5,10-11,15-16H,6-8H2,1-3H3. The number of rotatable bonds is 4. The van der Waals surface area contributed by atoms with Gasteiger partial charge in [0.15, 0.2) is 0 Å². The van der Waals surface area contributed by atoms with Crippen LogP contribution in [0.2, 0.25) is 0 Å². The fourth-order valence-corrected chi connectivity index (χ4v) is 3.31. The molecule has 0 heterocycles. The molecule has 1 aliphatic carbocycles. The van der Waals surface area contributed by atoms with Gasteiger partial charge in [-0.1, -0.05) is 13.0 Å². The molecule has 0 aliphatic heterocycles. The second-order valence-electron chi connectivity index (χ2n) is 5.15. The first-order chi connectivity index (χ1) is 8.50. The fourth-order valence-electron chi connectivity index (χ4n) is 2.91. The van der Waals surface area contributed by atoms with Crippen molar-refractivity contribution in [2.45, 2.75) is 32.2 Å². The molecule has 1 aromatic carbocycles. The van der Waals surface area contributed by atoms with Gasteiger partial charge < -0.3 is 10.4 Å². The third-order valence-electron chi connectivity index (χ3n) is 3.69. The number of phenolic OH excluding ortho intramolecular Hbond substituents is 1. The molecular weight excluding hydrogens is 246 g/mol. The Balaban J connectivity index is 2.19. The summed E-state index contributed by atoms with van der Waals surface area (Å²) in [6.45, 7) is 5.02. The largest absolute Gasteiger partial charge is 0.508 e. The molecule has 18 heavy (non-hydrogen) atoms. The average Bonchev–Trinajstić information content (AvgIpc) is 2.62. The number of nitrogens with one attached hydrogen (secondary N) is 1. The van der Waals surface area contributed by atoms with Crippen LogP contribution in [0.3, 0.4) is 0 Å². The van der Waals surface area contributed by atoms with Gasteiger partial charge in [0.2, 0.25) is 0 Å². The van der Waals surface area contributed by atoms with E-state index >= 15 is 0 Å². The van der Waals surface area contributed by atoms with Crippen LogP contribution in [0, 0.1) is 6.92 Å². The number of aryl methyl sites for hydroxylation is 1. The monoisotopic (exact) mass is 267 g/mol. The van der Waals surface area contributed by atoms with Gasteiger partial charge in [-0.25, -0.2) is 0 Å². The lowest BCUT2D eigenvalue weighted by Gasteiger charge is -2.15. The molecule has 0 fully saturated rings. The van der Waals surface area contributed by atoms with E-state index < -0.39 is 10.8 Å². The van der Waals surface area contributed by atoms with Crippen LogP contribution < -0.4 is 5.32 Å². The summed E-state index contributed by atoms with van der Waals surface area (Å²) in [6.07, 6.45) is 2.72. The highest BCUT2D eigenvalue weighted by Crippen LogP contribution is 2.45. The quantitative estimate of drug-likeness (QED) is 0.879. The summed E-state index contributed by atoms with van der Waals surface area (Å²) in [5, 5.41) is 13.5. The second kappa shape index (κ2) is 5.41. The number of fused-ring (bicyclic) bond motifs is 1. The number of phenols is 1. The van der Waals surface area contributed by atoms with Crippen LogP contribution in [0.15, 0.2) is 12.1 Å². The minimum absolute atomic E-state index is 0.193. The van der Waals surface area contributed by atoms with Crippen molar-refractivity contribution in [3.63, 3.8) is 0 Å². The Kier molecular flexibility index (Phi) is 4.07. The molecule has 100 valence electrons. The van der Waals surface area contributed by atoms with E-state index in [4.69, 9.17) is 0 Å². The van der Waals surface area contributed by atoms with E-state index in [9.17, 15) is 9.32 Å². The van der Waals surface area contributed by atoms with Crippen molar-refractivity contribution in [2.24, 2.45) is 0 Å². The Morgan fingerprint density at radius 3 is 2.83 bits per heavy atom. The molecule has 0 bridgehead atoms. The Labute approximate surface area is 111 Å². The van der Waals surface area contributed by atoms with Gasteiger partial charge in [0.25, 0.3) is 0 Å². The van der Waals surface area contributed by atoms with Crippen LogP contribution in [0.5, 0.6) is 5.75 Å². The fraction of sp³-hybridized carbons (Fsp3) is 0.571. The van der Waals surface area contributed by atoms with Crippen molar-refractivity contribution in [3.05, 3.63) is 28.8 Å². The van der Waals surface area contributed by atoms with Crippen molar-refractivity contribution in [3.8, 4) is 5.75 Å². The van der Waals surface area contributed by atoms with E-state index in [1.807, 2.05) is 6.07 Å². The van der Waals surface area contributed by atoms with Crippen molar-refractivity contribution >= 4 is 10.8 Å². The summed E-state index contributed by atoms with van der Waals surface area (Å²) in [6, 6.07) is 3.95. The van der Waals surface area contributed by atoms with Gasteiger partial charge in [0, 0.05) is 41.0 Å². The zero-order valence-corrected chi connectivity index (χ0v) is 12.0. The summed E-state index contributed by atoms with van der Waals surface area (Å²) in [7, 11) is -0.767. The minimum atomic E-state index is -0.767. The van der Waals surface area contributed by atoms with Crippen LogP contribution >= 0.6 is 0 Å². The molecule has 3 nitrogen and oxygen atoms in total. The first kappa shape index (κ1) is 13.6.